The van der Waals surface area contributed by atoms with Crippen LogP contribution in [-0.4, -0.2) is 33.1 Å². The molecule has 5 saturated carbocycles. The number of para-hydroxylation sites is 1. The SMILES string of the molecule is C=C(C)[C@H]1CC[C@@]2(C(=O)OC)CC[C@]3(C)[C@@H](CC[C@H]4[C@@]5(C)C/C(=C\c6cccc(OC)c6OC)C(=O)C(C)(C)[C@@H]5CC[C@@]43C)[C@H]12. The van der Waals surface area contributed by atoms with Crippen molar-refractivity contribution in [2.24, 2.45) is 56.7 Å². The summed E-state index contributed by atoms with van der Waals surface area (Å²) >= 11 is 0. The lowest BCUT2D eigenvalue weighted by molar-refractivity contribution is -0.232. The first-order valence-corrected chi connectivity index (χ1v) is 17.4. The van der Waals surface area contributed by atoms with Gasteiger partial charge in [-0.25, -0.2) is 0 Å². The van der Waals surface area contributed by atoms with Crippen molar-refractivity contribution in [1.82, 2.24) is 0 Å². The second-order valence-electron chi connectivity index (χ2n) is 16.8. The molecule has 0 aromatic heterocycles. The number of rotatable bonds is 5. The zero-order chi connectivity index (χ0) is 32.7. The lowest BCUT2D eigenvalue weighted by Crippen LogP contribution is -2.67. The summed E-state index contributed by atoms with van der Waals surface area (Å²) in [6.45, 7) is 18.7. The predicted octanol–water partition coefficient (Wildman–Crippen LogP) is 9.10. The molecular formula is C40H56O5. The maximum atomic E-state index is 14.3. The summed E-state index contributed by atoms with van der Waals surface area (Å²) in [6.07, 6.45) is 11.3. The first-order valence-electron chi connectivity index (χ1n) is 17.4. The van der Waals surface area contributed by atoms with E-state index in [1.54, 1.807) is 21.3 Å². The van der Waals surface area contributed by atoms with E-state index in [0.717, 1.165) is 68.9 Å². The Hall–Kier alpha value is -2.56. The van der Waals surface area contributed by atoms with Gasteiger partial charge in [-0.1, -0.05) is 58.9 Å². The van der Waals surface area contributed by atoms with Crippen LogP contribution in [0.4, 0.5) is 0 Å². The van der Waals surface area contributed by atoms with Crippen molar-refractivity contribution in [2.45, 2.75) is 99.3 Å². The van der Waals surface area contributed by atoms with Crippen LogP contribution in [0.15, 0.2) is 35.9 Å². The third-order valence-electron chi connectivity index (χ3n) is 15.0. The quantitative estimate of drug-likeness (QED) is 0.188. The zero-order valence-electron chi connectivity index (χ0n) is 29.3. The Balaban J connectivity index is 1.42. The molecule has 0 aliphatic heterocycles. The monoisotopic (exact) mass is 616 g/mol. The maximum Gasteiger partial charge on any atom is 0.312 e. The van der Waals surface area contributed by atoms with E-state index < -0.39 is 5.41 Å². The van der Waals surface area contributed by atoms with E-state index in [1.165, 1.54) is 5.57 Å². The van der Waals surface area contributed by atoms with E-state index in [0.29, 0.717) is 41.1 Å². The topological polar surface area (TPSA) is 61.8 Å². The highest BCUT2D eigenvalue weighted by Gasteiger charge is 2.72. The molecule has 1 aromatic carbocycles. The molecule has 1 aromatic rings. The van der Waals surface area contributed by atoms with Gasteiger partial charge < -0.3 is 14.2 Å². The van der Waals surface area contributed by atoms with Crippen molar-refractivity contribution < 1.29 is 23.8 Å². The molecule has 0 spiro atoms. The molecule has 5 nitrogen and oxygen atoms in total. The highest BCUT2D eigenvalue weighted by Crippen LogP contribution is 2.77. The molecule has 0 radical (unpaired) electrons. The van der Waals surface area contributed by atoms with Crippen molar-refractivity contribution >= 4 is 17.8 Å². The Labute approximate surface area is 271 Å². The van der Waals surface area contributed by atoms with Crippen LogP contribution in [-0.2, 0) is 14.3 Å². The van der Waals surface area contributed by atoms with Crippen molar-refractivity contribution in [1.29, 1.82) is 0 Å². The summed E-state index contributed by atoms with van der Waals surface area (Å²) in [4.78, 5) is 27.9. The number of ether oxygens (including phenoxy) is 3. The van der Waals surface area contributed by atoms with Crippen molar-refractivity contribution in [3.05, 3.63) is 41.5 Å². The average Bonchev–Trinajstić information content (AvgIpc) is 3.41. The second-order valence-corrected chi connectivity index (χ2v) is 16.8. The molecule has 0 bridgehead atoms. The van der Waals surface area contributed by atoms with Crippen LogP contribution in [0, 0.1) is 56.7 Å². The minimum Gasteiger partial charge on any atom is -0.493 e. The second kappa shape index (κ2) is 10.7. The Morgan fingerprint density at radius 3 is 2.27 bits per heavy atom. The number of benzene rings is 1. The summed E-state index contributed by atoms with van der Waals surface area (Å²) in [7, 11) is 4.89. The molecule has 9 atom stereocenters. The Bertz CT molecular complexity index is 1440. The Morgan fingerprint density at radius 2 is 1.62 bits per heavy atom. The van der Waals surface area contributed by atoms with Gasteiger partial charge in [0.05, 0.1) is 26.7 Å². The predicted molar refractivity (Wildman–Crippen MR) is 179 cm³/mol. The van der Waals surface area contributed by atoms with Crippen molar-refractivity contribution in [3.63, 3.8) is 0 Å². The third-order valence-corrected chi connectivity index (χ3v) is 15.0. The summed E-state index contributed by atoms with van der Waals surface area (Å²) in [6, 6.07) is 5.89. The summed E-state index contributed by atoms with van der Waals surface area (Å²) in [5.41, 5.74) is 2.41. The Kier molecular flexibility index (Phi) is 7.73. The maximum absolute atomic E-state index is 14.3. The largest absolute Gasteiger partial charge is 0.493 e. The van der Waals surface area contributed by atoms with Crippen LogP contribution in [0.2, 0.25) is 0 Å². The van der Waals surface area contributed by atoms with Gasteiger partial charge >= 0.3 is 5.97 Å². The molecule has 246 valence electrons. The number of hydrogen-bond donors (Lipinski definition) is 0. The number of esters is 1. The lowest BCUT2D eigenvalue weighted by Gasteiger charge is -2.72. The van der Waals surface area contributed by atoms with Crippen LogP contribution in [0.3, 0.4) is 0 Å². The van der Waals surface area contributed by atoms with Gasteiger partial charge in [0.25, 0.3) is 0 Å². The van der Waals surface area contributed by atoms with Gasteiger partial charge in [-0.3, -0.25) is 9.59 Å². The molecule has 6 rings (SSSR count). The van der Waals surface area contributed by atoms with E-state index >= 15 is 0 Å². The molecular weight excluding hydrogens is 560 g/mol. The third kappa shape index (κ3) is 4.23. The van der Waals surface area contributed by atoms with Gasteiger partial charge in [0, 0.05) is 11.0 Å². The van der Waals surface area contributed by atoms with Gasteiger partial charge in [-0.15, -0.1) is 0 Å². The molecule has 0 unspecified atom stereocenters. The minimum atomic E-state index is -0.451. The number of Topliss-reactive ketones (excluding diaryl/α,β-unsaturated/α-hetero) is 1. The fraction of sp³-hybridized carbons (Fsp3) is 0.700. The zero-order valence-corrected chi connectivity index (χ0v) is 29.3. The van der Waals surface area contributed by atoms with Crippen LogP contribution >= 0.6 is 0 Å². The van der Waals surface area contributed by atoms with Crippen LogP contribution in [0.25, 0.3) is 6.08 Å². The van der Waals surface area contributed by atoms with E-state index in [2.05, 4.69) is 54.2 Å². The summed E-state index contributed by atoms with van der Waals surface area (Å²) in [5, 5.41) is 0. The van der Waals surface area contributed by atoms with Crippen LogP contribution in [0.5, 0.6) is 11.5 Å². The lowest BCUT2D eigenvalue weighted by atomic mass is 9.32. The molecule has 5 aliphatic carbocycles. The molecule has 45 heavy (non-hydrogen) atoms. The molecule has 0 saturated heterocycles. The van der Waals surface area contributed by atoms with Crippen molar-refractivity contribution in [2.75, 3.05) is 21.3 Å². The first kappa shape index (κ1) is 32.4. The van der Waals surface area contributed by atoms with Gasteiger partial charge in [0.2, 0.25) is 0 Å². The fourth-order valence-electron chi connectivity index (χ4n) is 12.9. The van der Waals surface area contributed by atoms with Gasteiger partial charge in [0.15, 0.2) is 17.3 Å². The smallest absolute Gasteiger partial charge is 0.312 e. The molecule has 5 fully saturated rings. The van der Waals surface area contributed by atoms with Gasteiger partial charge in [0.1, 0.15) is 0 Å². The molecule has 5 heteroatoms. The van der Waals surface area contributed by atoms with Crippen molar-refractivity contribution in [3.8, 4) is 11.5 Å². The highest BCUT2D eigenvalue weighted by molar-refractivity contribution is 6.04. The molecule has 0 amide bonds. The number of carbonyl (C=O) groups excluding carboxylic acids is 2. The van der Waals surface area contributed by atoms with E-state index in [1.807, 2.05) is 18.2 Å². The highest BCUT2D eigenvalue weighted by atomic mass is 16.5. The number of ketones is 1. The summed E-state index contributed by atoms with van der Waals surface area (Å²) < 4.78 is 16.9. The molecule has 5 aliphatic rings. The number of carbonyl (C=O) groups is 2. The number of allylic oxidation sites excluding steroid dienone is 2. The van der Waals surface area contributed by atoms with Gasteiger partial charge in [-0.05, 0) is 128 Å². The molecule has 0 N–H and O–H groups in total. The summed E-state index contributed by atoms with van der Waals surface area (Å²) in [5.74, 6) is 3.58. The van der Waals surface area contributed by atoms with E-state index in [9.17, 15) is 9.59 Å². The fourth-order valence-corrected chi connectivity index (χ4v) is 12.9. The van der Waals surface area contributed by atoms with E-state index in [-0.39, 0.29) is 33.4 Å². The van der Waals surface area contributed by atoms with Crippen LogP contribution in [0.1, 0.15) is 105 Å². The Morgan fingerprint density at radius 1 is 0.889 bits per heavy atom. The standard InChI is InChI=1S/C40H56O5/c1-24(2)27-16-19-40(35(42)45-10)21-20-38(6)28(32(27)40)14-15-31-37(5)23-26(22-25-12-11-13-29(43-8)33(25)44-9)34(41)36(3,4)30(37)17-18-39(31,38)7/h11-13,22,27-28,30-32H,1,14-21,23H2,2-10H3/b26-22+/t27-,28+,30+,31+,32+,37+,38-,39+,40-/m1/s1. The minimum absolute atomic E-state index is 0.0107. The van der Waals surface area contributed by atoms with Gasteiger partial charge in [-0.2, -0.15) is 0 Å². The number of hydrogen-bond acceptors (Lipinski definition) is 5. The number of methoxy groups -OCH3 is 3. The molecule has 0 heterocycles. The normalized spacial score (nSPS) is 42.6. The number of fused-ring (bicyclic) bond motifs is 7. The first-order chi connectivity index (χ1) is 21.2. The average molecular weight is 617 g/mol. The van der Waals surface area contributed by atoms with E-state index in [4.69, 9.17) is 14.2 Å². The van der Waals surface area contributed by atoms with Crippen LogP contribution < -0.4 is 9.47 Å².